The summed E-state index contributed by atoms with van der Waals surface area (Å²) in [7, 11) is 1.69. The smallest absolute Gasteiger partial charge is 0.0882 e. The second kappa shape index (κ2) is 6.60. The van der Waals surface area contributed by atoms with Crippen LogP contribution in [0.5, 0.6) is 0 Å². The summed E-state index contributed by atoms with van der Waals surface area (Å²) in [6.07, 6.45) is 8.53. The minimum Gasteiger partial charge on any atom is -0.393 e. The molecule has 0 bridgehead atoms. The van der Waals surface area contributed by atoms with E-state index in [1.807, 2.05) is 0 Å². The van der Waals surface area contributed by atoms with Crippen LogP contribution in [0, 0.1) is 40.9 Å². The lowest BCUT2D eigenvalue weighted by atomic mass is 9.48. The minimum absolute atomic E-state index is 0.178. The van der Waals surface area contributed by atoms with Crippen molar-refractivity contribution in [3.63, 3.8) is 0 Å². The molecular formula is C23H38O3. The van der Waals surface area contributed by atoms with Crippen molar-refractivity contribution in [3.05, 3.63) is 12.2 Å². The second-order valence-electron chi connectivity index (χ2n) is 10.5. The summed E-state index contributed by atoms with van der Waals surface area (Å²) in [5.41, 5.74) is 0.914. The normalized spacial score (nSPS) is 53.5. The molecule has 26 heavy (non-hydrogen) atoms. The van der Waals surface area contributed by atoms with E-state index in [-0.39, 0.29) is 11.5 Å². The van der Waals surface area contributed by atoms with Gasteiger partial charge in [-0.1, -0.05) is 19.1 Å². The molecule has 0 aromatic carbocycles. The number of ether oxygens (including phenoxy) is 1. The molecule has 2 N–H and O–H groups in total. The first-order valence-corrected chi connectivity index (χ1v) is 10.8. The van der Waals surface area contributed by atoms with E-state index in [1.54, 1.807) is 7.11 Å². The fourth-order valence-corrected chi connectivity index (χ4v) is 8.25. The summed E-state index contributed by atoms with van der Waals surface area (Å²) in [5.74, 6) is 3.60. The predicted molar refractivity (Wildman–Crippen MR) is 104 cm³/mol. The van der Waals surface area contributed by atoms with Gasteiger partial charge in [0, 0.05) is 7.11 Å². The van der Waals surface area contributed by atoms with E-state index in [2.05, 4.69) is 20.4 Å². The van der Waals surface area contributed by atoms with Crippen molar-refractivity contribution < 1.29 is 14.9 Å². The molecule has 0 saturated heterocycles. The van der Waals surface area contributed by atoms with Gasteiger partial charge in [-0.05, 0) is 99.2 Å². The van der Waals surface area contributed by atoms with Crippen LogP contribution in [0.4, 0.5) is 0 Å². The zero-order valence-corrected chi connectivity index (χ0v) is 16.9. The molecule has 0 unspecified atom stereocenters. The first-order valence-electron chi connectivity index (χ1n) is 10.8. The standard InChI is InChI=1S/C23H38O3/c1-14(2)18-7-8-19-17-6-5-15-11-23(25,13-26-4)10-9-16(15)21(17)20(24)12-22(18,19)3/h15-21,24-25H,1,5-13H2,2-4H3/t15-,16+,17+,18-,19+,20-,21-,22-,23-/m1/s1. The zero-order valence-electron chi connectivity index (χ0n) is 16.9. The summed E-state index contributed by atoms with van der Waals surface area (Å²) in [4.78, 5) is 0. The van der Waals surface area contributed by atoms with E-state index in [1.165, 1.54) is 31.3 Å². The average Bonchev–Trinajstić information content (AvgIpc) is 2.91. The van der Waals surface area contributed by atoms with Gasteiger partial charge in [-0.3, -0.25) is 0 Å². The number of fused-ring (bicyclic) bond motifs is 5. The lowest BCUT2D eigenvalue weighted by Gasteiger charge is -2.58. The molecule has 4 aliphatic carbocycles. The Labute approximate surface area is 159 Å². The quantitative estimate of drug-likeness (QED) is 0.741. The molecule has 0 amide bonds. The van der Waals surface area contributed by atoms with Crippen molar-refractivity contribution in [2.75, 3.05) is 13.7 Å². The lowest BCUT2D eigenvalue weighted by molar-refractivity contribution is -0.157. The maximum Gasteiger partial charge on any atom is 0.0882 e. The molecule has 3 heteroatoms. The van der Waals surface area contributed by atoms with Crippen molar-refractivity contribution in [2.45, 2.75) is 76.9 Å². The monoisotopic (exact) mass is 362 g/mol. The lowest BCUT2D eigenvalue weighted by Crippen LogP contribution is -2.56. The maximum atomic E-state index is 11.3. The Balaban J connectivity index is 1.56. The molecule has 148 valence electrons. The molecule has 4 aliphatic rings. The number of aliphatic hydroxyl groups excluding tert-OH is 1. The van der Waals surface area contributed by atoms with Crippen LogP contribution >= 0.6 is 0 Å². The van der Waals surface area contributed by atoms with Gasteiger partial charge in [-0.15, -0.1) is 0 Å². The number of hydrogen-bond acceptors (Lipinski definition) is 3. The third kappa shape index (κ3) is 2.81. The predicted octanol–water partition coefficient (Wildman–Crippen LogP) is 4.18. The molecule has 0 spiro atoms. The Hall–Kier alpha value is -0.380. The Morgan fingerprint density at radius 3 is 2.58 bits per heavy atom. The summed E-state index contributed by atoms with van der Waals surface area (Å²) >= 11 is 0. The third-order valence-corrected chi connectivity index (χ3v) is 9.08. The van der Waals surface area contributed by atoms with Crippen LogP contribution in [-0.2, 0) is 4.74 Å². The van der Waals surface area contributed by atoms with E-state index < -0.39 is 5.60 Å². The van der Waals surface area contributed by atoms with Gasteiger partial charge >= 0.3 is 0 Å². The summed E-state index contributed by atoms with van der Waals surface area (Å²) < 4.78 is 5.29. The van der Waals surface area contributed by atoms with Gasteiger partial charge in [0.1, 0.15) is 0 Å². The first kappa shape index (κ1) is 19.0. The van der Waals surface area contributed by atoms with E-state index in [9.17, 15) is 10.2 Å². The Kier molecular flexibility index (Phi) is 4.81. The van der Waals surface area contributed by atoms with Crippen LogP contribution in [0.25, 0.3) is 0 Å². The minimum atomic E-state index is -0.644. The molecule has 9 atom stereocenters. The SMILES string of the molecule is C=C(C)[C@H]1CC[C@H]2[C@@H]3CC[C@@H]4C[C@@](O)(COC)CC[C@@H]4[C@H]3[C@H](O)C[C@]12C. The summed E-state index contributed by atoms with van der Waals surface area (Å²) in [6, 6.07) is 0. The summed E-state index contributed by atoms with van der Waals surface area (Å²) in [6.45, 7) is 9.36. The van der Waals surface area contributed by atoms with Crippen molar-refractivity contribution in [3.8, 4) is 0 Å². The number of allylic oxidation sites excluding steroid dienone is 1. The summed E-state index contributed by atoms with van der Waals surface area (Å²) in [5, 5.41) is 22.1. The second-order valence-corrected chi connectivity index (χ2v) is 10.5. The van der Waals surface area contributed by atoms with E-state index in [4.69, 9.17) is 4.74 Å². The van der Waals surface area contributed by atoms with Crippen LogP contribution in [0.1, 0.15) is 65.2 Å². The number of rotatable bonds is 3. The van der Waals surface area contributed by atoms with E-state index >= 15 is 0 Å². The average molecular weight is 363 g/mol. The molecule has 0 aromatic heterocycles. The molecule has 0 heterocycles. The van der Waals surface area contributed by atoms with E-state index in [0.717, 1.165) is 31.6 Å². The van der Waals surface area contributed by atoms with Gasteiger partial charge in [0.2, 0.25) is 0 Å². The molecule has 4 fully saturated rings. The number of aliphatic hydroxyl groups is 2. The van der Waals surface area contributed by atoms with Crippen molar-refractivity contribution >= 4 is 0 Å². The maximum absolute atomic E-state index is 11.3. The molecule has 4 saturated carbocycles. The molecule has 3 nitrogen and oxygen atoms in total. The zero-order chi connectivity index (χ0) is 18.7. The molecular weight excluding hydrogens is 324 g/mol. The van der Waals surface area contributed by atoms with Crippen LogP contribution in [0.2, 0.25) is 0 Å². The van der Waals surface area contributed by atoms with Crippen LogP contribution in [-0.4, -0.2) is 35.6 Å². The highest BCUT2D eigenvalue weighted by Crippen LogP contribution is 2.65. The van der Waals surface area contributed by atoms with Crippen LogP contribution < -0.4 is 0 Å². The largest absolute Gasteiger partial charge is 0.393 e. The number of methoxy groups -OCH3 is 1. The highest BCUT2D eigenvalue weighted by atomic mass is 16.5. The molecule has 0 radical (unpaired) electrons. The van der Waals surface area contributed by atoms with Gasteiger partial charge in [0.05, 0.1) is 18.3 Å². The van der Waals surface area contributed by atoms with Crippen LogP contribution in [0.3, 0.4) is 0 Å². The first-order chi connectivity index (χ1) is 12.3. The Morgan fingerprint density at radius 2 is 1.88 bits per heavy atom. The van der Waals surface area contributed by atoms with Gasteiger partial charge in [0.15, 0.2) is 0 Å². The highest BCUT2D eigenvalue weighted by Gasteiger charge is 2.60. The van der Waals surface area contributed by atoms with Crippen molar-refractivity contribution in [2.24, 2.45) is 40.9 Å². The van der Waals surface area contributed by atoms with Gasteiger partial charge in [-0.25, -0.2) is 0 Å². The fraction of sp³-hybridized carbons (Fsp3) is 0.913. The van der Waals surface area contributed by atoms with Gasteiger partial charge < -0.3 is 14.9 Å². The molecule has 4 rings (SSSR count). The van der Waals surface area contributed by atoms with Crippen molar-refractivity contribution in [1.82, 2.24) is 0 Å². The van der Waals surface area contributed by atoms with Crippen LogP contribution in [0.15, 0.2) is 12.2 Å². The Bertz CT molecular complexity index is 560. The van der Waals surface area contributed by atoms with Crippen molar-refractivity contribution in [1.29, 1.82) is 0 Å². The van der Waals surface area contributed by atoms with Gasteiger partial charge in [0.25, 0.3) is 0 Å². The molecule has 0 aliphatic heterocycles. The van der Waals surface area contributed by atoms with E-state index in [0.29, 0.717) is 36.2 Å². The third-order valence-electron chi connectivity index (χ3n) is 9.08. The Morgan fingerprint density at radius 1 is 1.12 bits per heavy atom. The number of hydrogen-bond donors (Lipinski definition) is 2. The molecule has 0 aromatic rings. The fourth-order valence-electron chi connectivity index (χ4n) is 8.25. The van der Waals surface area contributed by atoms with Gasteiger partial charge in [-0.2, -0.15) is 0 Å². The topological polar surface area (TPSA) is 49.7 Å². The highest BCUT2D eigenvalue weighted by molar-refractivity contribution is 5.15.